The van der Waals surface area contributed by atoms with E-state index in [-0.39, 0.29) is 17.0 Å². The number of aromatic nitrogens is 1. The van der Waals surface area contributed by atoms with Gasteiger partial charge < -0.3 is 19.7 Å². The predicted molar refractivity (Wildman–Crippen MR) is 111 cm³/mol. The van der Waals surface area contributed by atoms with E-state index in [1.54, 1.807) is 12.3 Å². The highest BCUT2D eigenvalue weighted by atomic mass is 19.1. The second-order valence-electron chi connectivity index (χ2n) is 7.55. The average molecular weight is 388 g/mol. The topological polar surface area (TPSA) is 57.6 Å². The van der Waals surface area contributed by atoms with Gasteiger partial charge in [0.1, 0.15) is 11.4 Å². The molecule has 1 N–H and O–H groups in total. The zero-order valence-electron chi connectivity index (χ0n) is 17.1. The van der Waals surface area contributed by atoms with Gasteiger partial charge in [-0.3, -0.25) is 9.59 Å². The highest BCUT2D eigenvalue weighted by molar-refractivity contribution is 5.98. The van der Waals surface area contributed by atoms with Crippen LogP contribution in [-0.2, 0) is 6.54 Å². The van der Waals surface area contributed by atoms with Crippen LogP contribution >= 0.6 is 0 Å². The van der Waals surface area contributed by atoms with Crippen LogP contribution in [0.4, 0.5) is 10.1 Å². The van der Waals surface area contributed by atoms with Crippen molar-refractivity contribution in [3.05, 3.63) is 39.9 Å². The Morgan fingerprint density at radius 3 is 2.50 bits per heavy atom. The molecule has 0 saturated carbocycles. The summed E-state index contributed by atoms with van der Waals surface area (Å²) in [5, 5.41) is 3.07. The Kier molecular flexibility index (Phi) is 6.03. The molecule has 2 aromatic rings. The third-order valence-electron chi connectivity index (χ3n) is 5.57. The normalized spacial score (nSPS) is 16.4. The fourth-order valence-electron chi connectivity index (χ4n) is 3.52. The fourth-order valence-corrected chi connectivity index (χ4v) is 3.52. The quantitative estimate of drug-likeness (QED) is 0.855. The van der Waals surface area contributed by atoms with Gasteiger partial charge in [0.2, 0.25) is 5.43 Å². The molecule has 1 atom stereocenters. The van der Waals surface area contributed by atoms with E-state index in [2.05, 4.69) is 17.3 Å². The Morgan fingerprint density at radius 2 is 1.89 bits per heavy atom. The van der Waals surface area contributed by atoms with Gasteiger partial charge in [0, 0.05) is 50.3 Å². The second kappa shape index (κ2) is 8.31. The van der Waals surface area contributed by atoms with Gasteiger partial charge in [0.25, 0.3) is 5.91 Å². The lowest BCUT2D eigenvalue weighted by Crippen LogP contribution is -2.44. The summed E-state index contributed by atoms with van der Waals surface area (Å²) >= 11 is 0. The summed E-state index contributed by atoms with van der Waals surface area (Å²) in [7, 11) is 2.05. The van der Waals surface area contributed by atoms with Gasteiger partial charge >= 0.3 is 0 Å². The minimum atomic E-state index is -0.427. The number of fused-ring (bicyclic) bond motifs is 1. The van der Waals surface area contributed by atoms with E-state index >= 15 is 0 Å². The highest BCUT2D eigenvalue weighted by Gasteiger charge is 2.21. The van der Waals surface area contributed by atoms with Gasteiger partial charge in [0.05, 0.1) is 11.2 Å². The summed E-state index contributed by atoms with van der Waals surface area (Å²) in [6.45, 7) is 9.59. The number of pyridine rings is 1. The Labute approximate surface area is 164 Å². The average Bonchev–Trinajstić information content (AvgIpc) is 2.68. The van der Waals surface area contributed by atoms with Crippen LogP contribution in [0.5, 0.6) is 0 Å². The molecule has 28 heavy (non-hydrogen) atoms. The number of amides is 1. The second-order valence-corrected chi connectivity index (χ2v) is 7.55. The van der Waals surface area contributed by atoms with Crippen molar-refractivity contribution in [3.63, 3.8) is 0 Å². The molecule has 0 bridgehead atoms. The first-order valence-corrected chi connectivity index (χ1v) is 9.96. The van der Waals surface area contributed by atoms with Crippen molar-refractivity contribution in [2.45, 2.75) is 39.8 Å². The Bertz CT molecular complexity index is 932. The van der Waals surface area contributed by atoms with Crippen LogP contribution in [0.1, 0.15) is 37.6 Å². The first-order valence-electron chi connectivity index (χ1n) is 9.96. The number of aryl methyl sites for hydroxylation is 1. The summed E-state index contributed by atoms with van der Waals surface area (Å²) in [4.78, 5) is 29.7. The molecule has 3 rings (SSSR count). The summed E-state index contributed by atoms with van der Waals surface area (Å²) in [5.74, 6) is -0.830. The number of hydrogen-bond donors (Lipinski definition) is 1. The van der Waals surface area contributed by atoms with Gasteiger partial charge in [-0.25, -0.2) is 4.39 Å². The van der Waals surface area contributed by atoms with Crippen molar-refractivity contribution < 1.29 is 9.18 Å². The molecular formula is C21H29FN4O2. The van der Waals surface area contributed by atoms with Crippen molar-refractivity contribution in [1.82, 2.24) is 14.8 Å². The summed E-state index contributed by atoms with van der Waals surface area (Å²) in [6, 6.07) is 3.00. The van der Waals surface area contributed by atoms with Crippen molar-refractivity contribution >= 4 is 22.5 Å². The lowest BCUT2D eigenvalue weighted by atomic mass is 10.1. The number of likely N-dealkylation sites (N-methyl/N-ethyl adjacent to an activating group) is 1. The number of carbonyl (C=O) groups excluding carboxylic acids is 1. The summed E-state index contributed by atoms with van der Waals surface area (Å²) in [5.41, 5.74) is 0.799. The number of piperazine rings is 1. The van der Waals surface area contributed by atoms with E-state index < -0.39 is 17.2 Å². The molecule has 1 aromatic heterocycles. The molecule has 0 spiro atoms. The molecule has 1 fully saturated rings. The largest absolute Gasteiger partial charge is 0.367 e. The van der Waals surface area contributed by atoms with Gasteiger partial charge in [0.15, 0.2) is 0 Å². The van der Waals surface area contributed by atoms with Crippen molar-refractivity contribution in [1.29, 1.82) is 0 Å². The van der Waals surface area contributed by atoms with Crippen molar-refractivity contribution in [3.8, 4) is 0 Å². The fraction of sp³-hybridized carbons (Fsp3) is 0.524. The Morgan fingerprint density at radius 1 is 1.21 bits per heavy atom. The van der Waals surface area contributed by atoms with E-state index in [0.717, 1.165) is 32.6 Å². The zero-order valence-corrected chi connectivity index (χ0v) is 17.1. The minimum absolute atomic E-state index is 0.0333. The van der Waals surface area contributed by atoms with Gasteiger partial charge in [-0.05, 0) is 39.4 Å². The summed E-state index contributed by atoms with van der Waals surface area (Å²) < 4.78 is 16.8. The van der Waals surface area contributed by atoms with Crippen LogP contribution < -0.4 is 15.6 Å². The van der Waals surface area contributed by atoms with Crippen LogP contribution in [-0.4, -0.2) is 54.6 Å². The molecule has 0 aliphatic carbocycles. The molecule has 7 heteroatoms. The smallest absolute Gasteiger partial charge is 0.256 e. The van der Waals surface area contributed by atoms with Crippen molar-refractivity contribution in [2.24, 2.45) is 0 Å². The third-order valence-corrected chi connectivity index (χ3v) is 5.57. The Balaban J connectivity index is 2.08. The van der Waals surface area contributed by atoms with Crippen LogP contribution in [0, 0.1) is 5.82 Å². The number of nitrogens with one attached hydrogen (secondary N) is 1. The number of nitrogens with zero attached hydrogens (tertiary/aromatic N) is 3. The summed E-state index contributed by atoms with van der Waals surface area (Å²) in [6.07, 6.45) is 2.36. The number of rotatable bonds is 5. The van der Waals surface area contributed by atoms with Crippen LogP contribution in [0.25, 0.3) is 10.9 Å². The number of carbonyl (C=O) groups is 1. The number of hydrogen-bond acceptors (Lipinski definition) is 4. The maximum Gasteiger partial charge on any atom is 0.256 e. The molecule has 1 aliphatic heterocycles. The third kappa shape index (κ3) is 3.90. The molecule has 1 aliphatic rings. The SMILES string of the molecule is CC[C@@H](C)NC(=O)c1cn(CC)c2cc(N3CCN(C)CC3)c(F)cc2c1=O. The molecule has 1 amide bonds. The Hall–Kier alpha value is -2.41. The van der Waals surface area contributed by atoms with Crippen molar-refractivity contribution in [2.75, 3.05) is 38.1 Å². The van der Waals surface area contributed by atoms with Gasteiger partial charge in [-0.2, -0.15) is 0 Å². The molecule has 0 radical (unpaired) electrons. The van der Waals surface area contributed by atoms with E-state index in [1.807, 2.05) is 30.2 Å². The number of benzene rings is 1. The van der Waals surface area contributed by atoms with Gasteiger partial charge in [-0.1, -0.05) is 6.92 Å². The molecular weight excluding hydrogens is 359 g/mol. The molecule has 0 unspecified atom stereocenters. The predicted octanol–water partition coefficient (Wildman–Crippen LogP) is 2.44. The van der Waals surface area contributed by atoms with Crippen LogP contribution in [0.2, 0.25) is 0 Å². The van der Waals surface area contributed by atoms with E-state index in [1.165, 1.54) is 6.07 Å². The monoisotopic (exact) mass is 388 g/mol. The minimum Gasteiger partial charge on any atom is -0.367 e. The first kappa shape index (κ1) is 20.3. The number of anilines is 1. The highest BCUT2D eigenvalue weighted by Crippen LogP contribution is 2.26. The lowest BCUT2D eigenvalue weighted by molar-refractivity contribution is 0.0937. The van der Waals surface area contributed by atoms with Crippen LogP contribution in [0.15, 0.2) is 23.1 Å². The van der Waals surface area contributed by atoms with E-state index in [4.69, 9.17) is 0 Å². The molecule has 152 valence electrons. The molecule has 2 heterocycles. The molecule has 1 saturated heterocycles. The molecule has 1 aromatic carbocycles. The standard InChI is InChI=1S/C21H29FN4O2/c1-5-14(3)23-21(28)16-13-25(6-2)18-12-19(17(22)11-15(18)20(16)27)26-9-7-24(4)8-10-26/h11-14H,5-10H2,1-4H3,(H,23,28)/t14-/m1/s1. The maximum absolute atomic E-state index is 14.9. The molecule has 6 nitrogen and oxygen atoms in total. The number of halogens is 1. The van der Waals surface area contributed by atoms with E-state index in [0.29, 0.717) is 17.7 Å². The lowest BCUT2D eigenvalue weighted by Gasteiger charge is -2.34. The maximum atomic E-state index is 14.9. The first-order chi connectivity index (χ1) is 13.3. The van der Waals surface area contributed by atoms with E-state index in [9.17, 15) is 14.0 Å². The zero-order chi connectivity index (χ0) is 20.4. The van der Waals surface area contributed by atoms with Gasteiger partial charge in [-0.15, -0.1) is 0 Å². The van der Waals surface area contributed by atoms with Crippen LogP contribution in [0.3, 0.4) is 0 Å².